The number of hydrogen-bond donors (Lipinski definition) is 1. The molecule has 1 N–H and O–H groups in total. The number of carbonyl (C=O) groups is 3. The summed E-state index contributed by atoms with van der Waals surface area (Å²) in [6.07, 6.45) is 4.27. The second-order valence-corrected chi connectivity index (χ2v) is 7.68. The van der Waals surface area contributed by atoms with Crippen LogP contribution in [0.4, 0.5) is 5.00 Å². The van der Waals surface area contributed by atoms with E-state index in [1.165, 1.54) is 31.6 Å². The zero-order chi connectivity index (χ0) is 21.7. The summed E-state index contributed by atoms with van der Waals surface area (Å²) in [6, 6.07) is 7.34. The Morgan fingerprint density at radius 2 is 1.90 bits per heavy atom. The first-order valence-electron chi connectivity index (χ1n) is 9.52. The Morgan fingerprint density at radius 1 is 1.17 bits per heavy atom. The largest absolute Gasteiger partial charge is 0.494 e. The van der Waals surface area contributed by atoms with Gasteiger partial charge in [0.25, 0.3) is 0 Å². The summed E-state index contributed by atoms with van der Waals surface area (Å²) in [5.41, 5.74) is 1.67. The minimum atomic E-state index is -0.589. The summed E-state index contributed by atoms with van der Waals surface area (Å²) >= 11 is 1.29. The number of esters is 2. The van der Waals surface area contributed by atoms with Gasteiger partial charge in [0.15, 0.2) is 0 Å². The van der Waals surface area contributed by atoms with E-state index in [0.29, 0.717) is 30.0 Å². The molecular formula is C22H23NO6S. The van der Waals surface area contributed by atoms with E-state index in [9.17, 15) is 14.4 Å². The van der Waals surface area contributed by atoms with Crippen LogP contribution in [-0.4, -0.2) is 38.7 Å². The van der Waals surface area contributed by atoms with E-state index >= 15 is 0 Å². The zero-order valence-electron chi connectivity index (χ0n) is 17.0. The lowest BCUT2D eigenvalue weighted by molar-refractivity contribution is -0.142. The van der Waals surface area contributed by atoms with Crippen LogP contribution >= 0.6 is 11.3 Å². The Morgan fingerprint density at radius 3 is 2.53 bits per heavy atom. The zero-order valence-corrected chi connectivity index (χ0v) is 17.8. The maximum atomic E-state index is 12.5. The van der Waals surface area contributed by atoms with Gasteiger partial charge in [-0.15, -0.1) is 11.3 Å². The predicted octanol–water partition coefficient (Wildman–Crippen LogP) is 3.79. The number of anilines is 1. The molecule has 0 saturated carbocycles. The molecule has 0 unspecified atom stereocenters. The van der Waals surface area contributed by atoms with Crippen LogP contribution in [0.15, 0.2) is 30.3 Å². The molecule has 0 fully saturated rings. The van der Waals surface area contributed by atoms with Gasteiger partial charge in [0.05, 0.1) is 32.3 Å². The number of nitrogens with one attached hydrogen (secondary N) is 1. The minimum absolute atomic E-state index is 0.230. The number of aryl methyl sites for hydroxylation is 1. The van der Waals surface area contributed by atoms with Crippen molar-refractivity contribution in [2.24, 2.45) is 0 Å². The van der Waals surface area contributed by atoms with Gasteiger partial charge in [-0.2, -0.15) is 0 Å². The van der Waals surface area contributed by atoms with Crippen molar-refractivity contribution in [3.8, 4) is 5.75 Å². The maximum Gasteiger partial charge on any atom is 0.341 e. The van der Waals surface area contributed by atoms with E-state index in [2.05, 4.69) is 5.32 Å². The molecule has 7 nitrogen and oxygen atoms in total. The number of thiophene rings is 1. The van der Waals surface area contributed by atoms with Gasteiger partial charge in [-0.05, 0) is 49.1 Å². The van der Waals surface area contributed by atoms with Gasteiger partial charge >= 0.3 is 11.9 Å². The number of methoxy groups -OCH3 is 2. The molecule has 1 atom stereocenters. The van der Waals surface area contributed by atoms with Crippen molar-refractivity contribution in [1.82, 2.24) is 0 Å². The average molecular weight is 429 g/mol. The van der Waals surface area contributed by atoms with Crippen LogP contribution in [0.1, 0.15) is 45.6 Å². The highest BCUT2D eigenvalue weighted by Gasteiger charge is 2.38. The Bertz CT molecular complexity index is 976. The highest BCUT2D eigenvalue weighted by atomic mass is 32.1. The summed E-state index contributed by atoms with van der Waals surface area (Å²) in [7, 11) is 2.59. The van der Waals surface area contributed by atoms with Crippen molar-refractivity contribution in [3.63, 3.8) is 0 Å². The smallest absolute Gasteiger partial charge is 0.341 e. The van der Waals surface area contributed by atoms with E-state index in [1.54, 1.807) is 6.08 Å². The Hall–Kier alpha value is -3.13. The molecule has 30 heavy (non-hydrogen) atoms. The van der Waals surface area contributed by atoms with Gasteiger partial charge in [-0.3, -0.25) is 9.59 Å². The topological polar surface area (TPSA) is 90.9 Å². The van der Waals surface area contributed by atoms with Crippen LogP contribution in [0.5, 0.6) is 5.75 Å². The number of hydrogen-bond acceptors (Lipinski definition) is 7. The Balaban J connectivity index is 1.80. The lowest BCUT2D eigenvalue weighted by Crippen LogP contribution is -2.16. The molecule has 0 aliphatic heterocycles. The second kappa shape index (κ2) is 9.58. The highest BCUT2D eigenvalue weighted by Crippen LogP contribution is 2.45. The fraction of sp³-hybridized carbons (Fsp3) is 0.318. The van der Waals surface area contributed by atoms with Crippen LogP contribution in [0.3, 0.4) is 0 Å². The van der Waals surface area contributed by atoms with Crippen molar-refractivity contribution in [2.75, 3.05) is 26.1 Å². The Kier molecular flexibility index (Phi) is 6.89. The first-order chi connectivity index (χ1) is 14.5. The molecule has 1 aromatic carbocycles. The number of rotatable bonds is 7. The third kappa shape index (κ3) is 4.54. The summed E-state index contributed by atoms with van der Waals surface area (Å²) in [6.45, 7) is 2.50. The number of fused-ring (bicyclic) bond motifs is 1. The van der Waals surface area contributed by atoms with E-state index < -0.39 is 17.9 Å². The molecule has 8 heteroatoms. The third-order valence-electron chi connectivity index (χ3n) is 4.76. The molecule has 0 saturated heterocycles. The lowest BCUT2D eigenvalue weighted by Gasteiger charge is -2.11. The molecule has 158 valence electrons. The van der Waals surface area contributed by atoms with Gasteiger partial charge in [-0.1, -0.05) is 12.1 Å². The first-order valence-corrected chi connectivity index (χ1v) is 10.3. The molecule has 0 spiro atoms. The van der Waals surface area contributed by atoms with E-state index in [0.717, 1.165) is 16.2 Å². The molecule has 1 aromatic heterocycles. The highest BCUT2D eigenvalue weighted by molar-refractivity contribution is 7.17. The van der Waals surface area contributed by atoms with Crippen molar-refractivity contribution in [2.45, 2.75) is 25.7 Å². The fourth-order valence-corrected chi connectivity index (χ4v) is 4.67. The third-order valence-corrected chi connectivity index (χ3v) is 5.94. The van der Waals surface area contributed by atoms with Crippen molar-refractivity contribution < 1.29 is 28.6 Å². The summed E-state index contributed by atoms with van der Waals surface area (Å²) in [5, 5.41) is 3.13. The van der Waals surface area contributed by atoms with E-state index in [4.69, 9.17) is 14.2 Å². The SMILES string of the molecule is CCOc1ccc(/C=C/C(=O)Nc2sc3c(c2C(=O)OC)[C@H](C(=O)OC)CC3)cc1. The number of carbonyl (C=O) groups excluding carboxylic acids is 3. The van der Waals surface area contributed by atoms with Gasteiger partial charge in [0, 0.05) is 11.0 Å². The monoisotopic (exact) mass is 429 g/mol. The first kappa shape index (κ1) is 21.6. The van der Waals surface area contributed by atoms with Crippen LogP contribution in [-0.2, 0) is 25.5 Å². The molecule has 1 aliphatic carbocycles. The minimum Gasteiger partial charge on any atom is -0.494 e. The molecule has 1 aliphatic rings. The van der Waals surface area contributed by atoms with E-state index in [1.807, 2.05) is 31.2 Å². The molecule has 0 radical (unpaired) electrons. The molecule has 1 amide bonds. The average Bonchev–Trinajstić information content (AvgIpc) is 3.31. The maximum absolute atomic E-state index is 12.5. The molecule has 3 rings (SSSR count). The summed E-state index contributed by atoms with van der Waals surface area (Å²) in [5.74, 6) is -1.14. The Labute approximate surface area is 178 Å². The lowest BCUT2D eigenvalue weighted by atomic mass is 9.99. The van der Waals surface area contributed by atoms with E-state index in [-0.39, 0.29) is 11.5 Å². The normalized spacial score (nSPS) is 15.0. The second-order valence-electron chi connectivity index (χ2n) is 6.57. The standard InChI is InChI=1S/C22H23NO6S/c1-4-29-14-8-5-13(6-9-14)7-12-17(24)23-20-19(22(26)28-3)18-15(21(25)27-2)10-11-16(18)30-20/h5-9,12,15H,4,10-11H2,1-3H3,(H,23,24)/b12-7+/t15-/m1/s1. The van der Waals surface area contributed by atoms with Crippen molar-refractivity contribution >= 4 is 40.3 Å². The quantitative estimate of drug-likeness (QED) is 0.532. The van der Waals surface area contributed by atoms with Crippen LogP contribution < -0.4 is 10.1 Å². The number of benzene rings is 1. The van der Waals surface area contributed by atoms with Crippen LogP contribution in [0, 0.1) is 0 Å². The van der Waals surface area contributed by atoms with Crippen LogP contribution in [0.2, 0.25) is 0 Å². The van der Waals surface area contributed by atoms with Gasteiger partial charge < -0.3 is 19.5 Å². The predicted molar refractivity (Wildman–Crippen MR) is 114 cm³/mol. The summed E-state index contributed by atoms with van der Waals surface area (Å²) in [4.78, 5) is 37.9. The molecular weight excluding hydrogens is 406 g/mol. The number of ether oxygens (including phenoxy) is 3. The molecule has 2 aromatic rings. The van der Waals surface area contributed by atoms with Crippen LogP contribution in [0.25, 0.3) is 6.08 Å². The fourth-order valence-electron chi connectivity index (χ4n) is 3.40. The van der Waals surface area contributed by atoms with Gasteiger partial charge in [0.1, 0.15) is 10.8 Å². The van der Waals surface area contributed by atoms with Gasteiger partial charge in [-0.25, -0.2) is 4.79 Å². The van der Waals surface area contributed by atoms with Gasteiger partial charge in [0.2, 0.25) is 5.91 Å². The van der Waals surface area contributed by atoms with Crippen molar-refractivity contribution in [3.05, 3.63) is 51.9 Å². The molecule has 1 heterocycles. The molecule has 0 bridgehead atoms. The van der Waals surface area contributed by atoms with Crippen molar-refractivity contribution in [1.29, 1.82) is 0 Å². The number of amides is 1. The summed E-state index contributed by atoms with van der Waals surface area (Å²) < 4.78 is 15.2.